The number of anilines is 1. The molecule has 3 amide bonds. The molecule has 8 nitrogen and oxygen atoms in total. The van der Waals surface area contributed by atoms with E-state index in [0.29, 0.717) is 13.0 Å². The Morgan fingerprint density at radius 2 is 2.03 bits per heavy atom. The summed E-state index contributed by atoms with van der Waals surface area (Å²) in [7, 11) is 0. The fourth-order valence-corrected chi connectivity index (χ4v) is 5.70. The Kier molecular flexibility index (Phi) is 7.62. The molecule has 1 aromatic rings. The molecular weight excluding hydrogens is 494 g/mol. The van der Waals surface area contributed by atoms with Gasteiger partial charge in [0, 0.05) is 24.9 Å². The van der Waals surface area contributed by atoms with Crippen LogP contribution in [0.5, 0.6) is 0 Å². The molecule has 3 aliphatic heterocycles. The van der Waals surface area contributed by atoms with Crippen LogP contribution in [0.15, 0.2) is 18.2 Å². The topological polar surface area (TPSA) is 114 Å². The van der Waals surface area contributed by atoms with E-state index in [1.54, 1.807) is 0 Å². The third kappa shape index (κ3) is 5.50. The molecule has 6 atom stereocenters. The first-order valence-electron chi connectivity index (χ1n) is 12.4. The second-order valence-corrected chi connectivity index (χ2v) is 10.0. The summed E-state index contributed by atoms with van der Waals surface area (Å²) in [4.78, 5) is 40.0. The van der Waals surface area contributed by atoms with Crippen molar-refractivity contribution in [3.8, 4) is 6.07 Å². The zero-order chi connectivity index (χ0) is 26.9. The zero-order valence-electron chi connectivity index (χ0n) is 20.3. The van der Waals surface area contributed by atoms with Gasteiger partial charge in [-0.3, -0.25) is 14.4 Å². The van der Waals surface area contributed by atoms with E-state index < -0.39 is 71.8 Å². The molecule has 2 bridgehead atoms. The van der Waals surface area contributed by atoms with Crippen molar-refractivity contribution in [3.05, 3.63) is 29.8 Å². The van der Waals surface area contributed by atoms with Gasteiger partial charge >= 0.3 is 0 Å². The molecule has 37 heavy (non-hydrogen) atoms. The third-order valence-corrected chi connectivity index (χ3v) is 7.52. The molecule has 0 spiro atoms. The number of hydrogen-bond acceptors (Lipinski definition) is 5. The second-order valence-electron chi connectivity index (χ2n) is 10.0. The number of alkyl halides is 2. The van der Waals surface area contributed by atoms with Gasteiger partial charge in [-0.2, -0.15) is 5.26 Å². The lowest BCUT2D eigenvalue weighted by Crippen LogP contribution is -2.70. The number of carbonyl (C=O) groups excluding carboxylic acids is 3. The number of carbonyl (C=O) groups is 3. The molecule has 0 radical (unpaired) electrons. The minimum Gasteiger partial charge on any atom is -0.371 e. The average molecular weight is 524 g/mol. The summed E-state index contributed by atoms with van der Waals surface area (Å²) in [6.07, 6.45) is 0.952. The largest absolute Gasteiger partial charge is 0.371 e. The molecule has 3 heterocycles. The van der Waals surface area contributed by atoms with Crippen LogP contribution in [0.4, 0.5) is 23.2 Å². The van der Waals surface area contributed by atoms with Gasteiger partial charge in [0.15, 0.2) is 0 Å². The molecule has 1 saturated carbocycles. The van der Waals surface area contributed by atoms with E-state index in [1.807, 2.05) is 6.07 Å². The van der Waals surface area contributed by atoms with Crippen molar-refractivity contribution < 1.29 is 31.9 Å². The highest BCUT2D eigenvalue weighted by Crippen LogP contribution is 2.49. The van der Waals surface area contributed by atoms with Crippen molar-refractivity contribution >= 4 is 23.4 Å². The number of nitrogens with zero attached hydrogens (tertiary/aromatic N) is 2. The normalized spacial score (nSPS) is 28.0. The van der Waals surface area contributed by atoms with Crippen molar-refractivity contribution in [3.63, 3.8) is 0 Å². The summed E-state index contributed by atoms with van der Waals surface area (Å²) in [5, 5.41) is 17.4. The van der Waals surface area contributed by atoms with Crippen LogP contribution in [0.3, 0.4) is 0 Å². The summed E-state index contributed by atoms with van der Waals surface area (Å²) in [5.74, 6) is -8.52. The van der Waals surface area contributed by atoms with Crippen LogP contribution in [0.25, 0.3) is 0 Å². The zero-order valence-corrected chi connectivity index (χ0v) is 20.3. The number of nitriles is 1. The maximum Gasteiger partial charge on any atom is 0.255 e. The molecule has 4 aliphatic rings. The number of hydrogen-bond donors (Lipinski definition) is 3. The highest BCUT2D eigenvalue weighted by atomic mass is 19.3. The predicted octanol–water partition coefficient (Wildman–Crippen LogP) is 2.70. The van der Waals surface area contributed by atoms with Gasteiger partial charge in [0.1, 0.15) is 29.8 Å². The fourth-order valence-electron chi connectivity index (χ4n) is 5.70. The molecule has 0 aromatic heterocycles. The number of nitrogens with one attached hydrogen (secondary N) is 3. The van der Waals surface area contributed by atoms with Gasteiger partial charge in [-0.05, 0) is 57.2 Å². The van der Waals surface area contributed by atoms with Gasteiger partial charge in [0.25, 0.3) is 5.92 Å². The summed E-state index contributed by atoms with van der Waals surface area (Å²) in [6.45, 7) is 1.91. The lowest BCUT2D eigenvalue weighted by molar-refractivity contribution is -0.194. The fraction of sp³-hybridized carbons (Fsp3) is 0.600. The van der Waals surface area contributed by atoms with E-state index in [2.05, 4.69) is 16.0 Å². The number of halogens is 4. The van der Waals surface area contributed by atoms with Crippen LogP contribution >= 0.6 is 0 Å². The molecule has 5 rings (SSSR count). The van der Waals surface area contributed by atoms with Crippen LogP contribution < -0.4 is 16.0 Å². The van der Waals surface area contributed by atoms with E-state index in [1.165, 1.54) is 6.92 Å². The van der Waals surface area contributed by atoms with E-state index >= 15 is 0 Å². The first kappa shape index (κ1) is 26.7. The van der Waals surface area contributed by atoms with Crippen LogP contribution in [-0.4, -0.2) is 59.3 Å². The molecule has 0 unspecified atom stereocenters. The quantitative estimate of drug-likeness (QED) is 0.476. The lowest BCUT2D eigenvalue weighted by Gasteiger charge is -2.54. The molecule has 200 valence electrons. The molecular formula is C25H29F4N5O3. The van der Waals surface area contributed by atoms with Crippen LogP contribution in [0, 0.1) is 34.8 Å². The van der Waals surface area contributed by atoms with Crippen molar-refractivity contribution in [2.45, 2.75) is 75.5 Å². The van der Waals surface area contributed by atoms with Crippen LogP contribution in [0.2, 0.25) is 0 Å². The minimum atomic E-state index is -3.20. The second kappa shape index (κ2) is 10.6. The highest BCUT2D eigenvalue weighted by molar-refractivity contribution is 5.92. The Hall–Kier alpha value is -3.36. The Morgan fingerprint density at radius 1 is 1.27 bits per heavy atom. The highest BCUT2D eigenvalue weighted by Gasteiger charge is 2.60. The molecule has 1 aliphatic carbocycles. The van der Waals surface area contributed by atoms with Gasteiger partial charge in [-0.15, -0.1) is 0 Å². The lowest BCUT2D eigenvalue weighted by atomic mass is 9.71. The predicted molar refractivity (Wildman–Crippen MR) is 124 cm³/mol. The van der Waals surface area contributed by atoms with Crippen LogP contribution in [-0.2, 0) is 14.4 Å². The van der Waals surface area contributed by atoms with Gasteiger partial charge < -0.3 is 20.9 Å². The molecule has 1 aromatic carbocycles. The van der Waals surface area contributed by atoms with E-state index in [0.717, 1.165) is 29.5 Å². The van der Waals surface area contributed by atoms with E-state index in [4.69, 9.17) is 0 Å². The Labute approximate surface area is 211 Å². The van der Waals surface area contributed by atoms with Gasteiger partial charge in [0.05, 0.1) is 17.7 Å². The standard InChI is InChI=1S/C25H29F4N5O3/c1-13(32-20-10-15(26)4-7-19(20)27)24(37)34-17-5-6-18(25(28,29)11-17)21(34)23(36)33-16(12-30)9-14-3-2-8-31-22(14)35/h4,7,10,13-14,16-18,21,32H,2-3,5-6,8-9,11H2,1H3,(H,31,35)(H,33,36)/t13-,14-,16+,17+,18+,21-/m1/s1. The first-order chi connectivity index (χ1) is 17.5. The summed E-state index contributed by atoms with van der Waals surface area (Å²) in [5.41, 5.74) is -0.273. The number of benzene rings is 1. The maximum absolute atomic E-state index is 14.9. The minimum absolute atomic E-state index is 0.0160. The van der Waals surface area contributed by atoms with Gasteiger partial charge in [-0.25, -0.2) is 17.6 Å². The van der Waals surface area contributed by atoms with Crippen molar-refractivity contribution in [1.29, 1.82) is 5.26 Å². The molecule has 3 saturated heterocycles. The SMILES string of the molecule is C[C@@H](Nc1cc(F)ccc1F)C(=O)N1[C@H]2CC[C@@H]([C@@H]1C(=O)N[C@H](C#N)C[C@H]1CCCNC1=O)C(F)(F)C2. The third-order valence-electron chi connectivity index (χ3n) is 7.52. The van der Waals surface area contributed by atoms with Crippen molar-refractivity contribution in [1.82, 2.24) is 15.5 Å². The summed E-state index contributed by atoms with van der Waals surface area (Å²) in [6, 6.07) is -0.139. The monoisotopic (exact) mass is 523 g/mol. The number of piperidine rings is 3. The average Bonchev–Trinajstić information content (AvgIpc) is 2.85. The van der Waals surface area contributed by atoms with E-state index in [9.17, 15) is 37.2 Å². The Balaban J connectivity index is 1.54. The first-order valence-corrected chi connectivity index (χ1v) is 12.4. The Morgan fingerprint density at radius 3 is 2.70 bits per heavy atom. The van der Waals surface area contributed by atoms with Crippen molar-refractivity contribution in [2.75, 3.05) is 11.9 Å². The number of amides is 3. The van der Waals surface area contributed by atoms with E-state index in [-0.39, 0.29) is 30.9 Å². The number of rotatable bonds is 7. The Bertz CT molecular complexity index is 1110. The summed E-state index contributed by atoms with van der Waals surface area (Å²) < 4.78 is 57.5. The molecule has 3 N–H and O–H groups in total. The van der Waals surface area contributed by atoms with Gasteiger partial charge in [-0.1, -0.05) is 0 Å². The summed E-state index contributed by atoms with van der Waals surface area (Å²) >= 11 is 0. The van der Waals surface area contributed by atoms with Gasteiger partial charge in [0.2, 0.25) is 17.7 Å². The molecule has 4 fully saturated rings. The number of fused-ring (bicyclic) bond motifs is 3. The smallest absolute Gasteiger partial charge is 0.255 e. The maximum atomic E-state index is 14.9. The van der Waals surface area contributed by atoms with Crippen LogP contribution in [0.1, 0.15) is 45.4 Å². The molecule has 12 heteroatoms. The van der Waals surface area contributed by atoms with Crippen molar-refractivity contribution in [2.24, 2.45) is 11.8 Å².